The highest BCUT2D eigenvalue weighted by atomic mass is 16.5. The zero-order valence-electron chi connectivity index (χ0n) is 14.4. The fourth-order valence-electron chi connectivity index (χ4n) is 3.25. The molecule has 5 heteroatoms. The Bertz CT molecular complexity index is 717. The maximum Gasteiger partial charge on any atom is 0.320 e. The number of hydrogen-bond donors (Lipinski definition) is 1. The number of benzene rings is 2. The normalized spacial score (nSPS) is 17.4. The molecule has 1 aliphatic rings. The van der Waals surface area contributed by atoms with Crippen LogP contribution in [0.15, 0.2) is 48.5 Å². The molecule has 0 amide bonds. The van der Waals surface area contributed by atoms with Gasteiger partial charge in [0, 0.05) is 12.1 Å². The van der Waals surface area contributed by atoms with Gasteiger partial charge in [-0.25, -0.2) is 0 Å². The number of rotatable bonds is 7. The SMILES string of the molecule is COc1cccc(CN2CCCC2C(=O)O)c1OCc1ccccc1. The van der Waals surface area contributed by atoms with Crippen LogP contribution < -0.4 is 9.47 Å². The van der Waals surface area contributed by atoms with Crippen LogP contribution in [-0.4, -0.2) is 35.7 Å². The van der Waals surface area contributed by atoms with Gasteiger partial charge in [0.15, 0.2) is 11.5 Å². The summed E-state index contributed by atoms with van der Waals surface area (Å²) in [5.74, 6) is 0.594. The summed E-state index contributed by atoms with van der Waals surface area (Å²) in [5, 5.41) is 9.39. The van der Waals surface area contributed by atoms with Crippen LogP contribution in [0.5, 0.6) is 11.5 Å². The van der Waals surface area contributed by atoms with E-state index in [0.29, 0.717) is 31.1 Å². The third kappa shape index (κ3) is 4.12. The van der Waals surface area contributed by atoms with Crippen molar-refractivity contribution in [3.63, 3.8) is 0 Å². The van der Waals surface area contributed by atoms with Crippen LogP contribution in [0.2, 0.25) is 0 Å². The summed E-state index contributed by atoms with van der Waals surface area (Å²) in [6.45, 7) is 1.77. The van der Waals surface area contributed by atoms with Gasteiger partial charge in [0.2, 0.25) is 0 Å². The van der Waals surface area contributed by atoms with E-state index >= 15 is 0 Å². The summed E-state index contributed by atoms with van der Waals surface area (Å²) in [4.78, 5) is 13.4. The number of hydrogen-bond acceptors (Lipinski definition) is 4. The highest BCUT2D eigenvalue weighted by Crippen LogP contribution is 2.34. The molecule has 1 fully saturated rings. The zero-order valence-corrected chi connectivity index (χ0v) is 14.4. The Hall–Kier alpha value is -2.53. The minimum absolute atomic E-state index is 0.423. The molecule has 2 aromatic rings. The third-order valence-electron chi connectivity index (χ3n) is 4.53. The van der Waals surface area contributed by atoms with Crippen LogP contribution in [-0.2, 0) is 17.9 Å². The Morgan fingerprint density at radius 3 is 2.72 bits per heavy atom. The lowest BCUT2D eigenvalue weighted by Gasteiger charge is -2.23. The molecule has 2 aromatic carbocycles. The molecule has 0 radical (unpaired) electrons. The fraction of sp³-hybridized carbons (Fsp3) is 0.350. The van der Waals surface area contributed by atoms with Gasteiger partial charge >= 0.3 is 5.97 Å². The highest BCUT2D eigenvalue weighted by molar-refractivity contribution is 5.73. The molecular weight excluding hydrogens is 318 g/mol. The van der Waals surface area contributed by atoms with Crippen molar-refractivity contribution in [2.24, 2.45) is 0 Å². The van der Waals surface area contributed by atoms with Gasteiger partial charge < -0.3 is 14.6 Å². The van der Waals surface area contributed by atoms with Gasteiger partial charge in [0.1, 0.15) is 12.6 Å². The van der Waals surface area contributed by atoms with E-state index in [2.05, 4.69) is 0 Å². The van der Waals surface area contributed by atoms with E-state index < -0.39 is 12.0 Å². The average Bonchev–Trinajstić information content (AvgIpc) is 3.09. The molecule has 1 atom stereocenters. The molecule has 1 unspecified atom stereocenters. The molecule has 0 bridgehead atoms. The number of likely N-dealkylation sites (tertiary alicyclic amines) is 1. The molecule has 0 saturated carbocycles. The zero-order chi connectivity index (χ0) is 17.6. The molecule has 1 heterocycles. The predicted molar refractivity (Wildman–Crippen MR) is 94.8 cm³/mol. The van der Waals surface area contributed by atoms with Crippen molar-refractivity contribution >= 4 is 5.97 Å². The topological polar surface area (TPSA) is 59.0 Å². The van der Waals surface area contributed by atoms with E-state index in [1.165, 1.54) is 0 Å². The summed E-state index contributed by atoms with van der Waals surface area (Å²) in [7, 11) is 1.62. The molecular formula is C20H23NO4. The van der Waals surface area contributed by atoms with E-state index in [1.54, 1.807) is 7.11 Å². The minimum Gasteiger partial charge on any atom is -0.493 e. The Labute approximate surface area is 147 Å². The van der Waals surface area contributed by atoms with Crippen molar-refractivity contribution in [2.45, 2.75) is 32.0 Å². The summed E-state index contributed by atoms with van der Waals surface area (Å²) < 4.78 is 11.5. The van der Waals surface area contributed by atoms with Crippen molar-refractivity contribution in [3.05, 3.63) is 59.7 Å². The number of aliphatic carboxylic acids is 1. The third-order valence-corrected chi connectivity index (χ3v) is 4.53. The number of ether oxygens (including phenoxy) is 2. The summed E-state index contributed by atoms with van der Waals surface area (Å²) >= 11 is 0. The monoisotopic (exact) mass is 341 g/mol. The van der Waals surface area contributed by atoms with Gasteiger partial charge in [-0.2, -0.15) is 0 Å². The van der Waals surface area contributed by atoms with Gasteiger partial charge in [-0.1, -0.05) is 42.5 Å². The first kappa shape index (κ1) is 17.3. The van der Waals surface area contributed by atoms with Crippen LogP contribution in [0.1, 0.15) is 24.0 Å². The Morgan fingerprint density at radius 1 is 1.20 bits per heavy atom. The van der Waals surface area contributed by atoms with Crippen molar-refractivity contribution in [1.29, 1.82) is 0 Å². The van der Waals surface area contributed by atoms with Crippen molar-refractivity contribution in [3.8, 4) is 11.5 Å². The van der Waals surface area contributed by atoms with Gasteiger partial charge in [0.05, 0.1) is 7.11 Å². The van der Waals surface area contributed by atoms with Gasteiger partial charge in [-0.05, 0) is 31.0 Å². The molecule has 0 spiro atoms. The van der Waals surface area contributed by atoms with Crippen LogP contribution in [0.4, 0.5) is 0 Å². The second-order valence-electron chi connectivity index (χ2n) is 6.19. The molecule has 3 rings (SSSR count). The minimum atomic E-state index is -0.757. The van der Waals surface area contributed by atoms with Crippen LogP contribution in [0.25, 0.3) is 0 Å². The van der Waals surface area contributed by atoms with E-state index in [9.17, 15) is 9.90 Å². The number of carboxylic acid groups (broad SMARTS) is 1. The van der Waals surface area contributed by atoms with Crippen LogP contribution in [0.3, 0.4) is 0 Å². The van der Waals surface area contributed by atoms with Crippen molar-refractivity contribution < 1.29 is 19.4 Å². The van der Waals surface area contributed by atoms with E-state index in [-0.39, 0.29) is 0 Å². The lowest BCUT2D eigenvalue weighted by Crippen LogP contribution is -2.35. The van der Waals surface area contributed by atoms with Crippen LogP contribution >= 0.6 is 0 Å². The Balaban J connectivity index is 1.80. The Kier molecular flexibility index (Phi) is 5.56. The Morgan fingerprint density at radius 2 is 2.00 bits per heavy atom. The number of para-hydroxylation sites is 1. The number of carbonyl (C=O) groups is 1. The molecule has 0 aliphatic carbocycles. The van der Waals surface area contributed by atoms with Crippen molar-refractivity contribution in [1.82, 2.24) is 4.90 Å². The van der Waals surface area contributed by atoms with E-state index in [4.69, 9.17) is 9.47 Å². The summed E-state index contributed by atoms with van der Waals surface area (Å²) in [5.41, 5.74) is 2.02. The lowest BCUT2D eigenvalue weighted by molar-refractivity contribution is -0.142. The first-order chi connectivity index (χ1) is 12.2. The number of methoxy groups -OCH3 is 1. The molecule has 25 heavy (non-hydrogen) atoms. The first-order valence-corrected chi connectivity index (χ1v) is 8.48. The summed E-state index contributed by atoms with van der Waals surface area (Å²) in [6.07, 6.45) is 1.60. The second-order valence-corrected chi connectivity index (χ2v) is 6.19. The van der Waals surface area contributed by atoms with E-state index in [1.807, 2.05) is 53.4 Å². The quantitative estimate of drug-likeness (QED) is 0.837. The second kappa shape index (κ2) is 8.03. The maximum absolute atomic E-state index is 11.4. The van der Waals surface area contributed by atoms with Crippen molar-refractivity contribution in [2.75, 3.05) is 13.7 Å². The smallest absolute Gasteiger partial charge is 0.320 e. The fourth-order valence-corrected chi connectivity index (χ4v) is 3.25. The molecule has 0 aromatic heterocycles. The van der Waals surface area contributed by atoms with Gasteiger partial charge in [-0.15, -0.1) is 0 Å². The highest BCUT2D eigenvalue weighted by Gasteiger charge is 2.31. The molecule has 1 N–H and O–H groups in total. The average molecular weight is 341 g/mol. The first-order valence-electron chi connectivity index (χ1n) is 8.48. The van der Waals surface area contributed by atoms with Gasteiger partial charge in [-0.3, -0.25) is 9.69 Å². The molecule has 5 nitrogen and oxygen atoms in total. The standard InChI is InChI=1S/C20H23NO4/c1-24-18-11-5-9-16(13-21-12-6-10-17(21)20(22)23)19(18)25-14-15-7-3-2-4-8-15/h2-5,7-9,11,17H,6,10,12-14H2,1H3,(H,22,23). The maximum atomic E-state index is 11.4. The molecule has 1 saturated heterocycles. The number of nitrogens with zero attached hydrogens (tertiary/aromatic N) is 1. The summed E-state index contributed by atoms with van der Waals surface area (Å²) in [6, 6.07) is 15.3. The lowest BCUT2D eigenvalue weighted by atomic mass is 10.1. The number of carboxylic acids is 1. The molecule has 132 valence electrons. The van der Waals surface area contributed by atoms with Crippen LogP contribution in [0, 0.1) is 0 Å². The predicted octanol–water partition coefficient (Wildman–Crippen LogP) is 3.32. The van der Waals surface area contributed by atoms with E-state index in [0.717, 1.165) is 24.1 Å². The largest absolute Gasteiger partial charge is 0.493 e. The molecule has 1 aliphatic heterocycles. The van der Waals surface area contributed by atoms with Gasteiger partial charge in [0.25, 0.3) is 0 Å².